The fraction of sp³-hybridized carbons (Fsp3) is 0.500. The van der Waals surface area contributed by atoms with Crippen molar-refractivity contribution < 1.29 is 4.79 Å². The lowest BCUT2D eigenvalue weighted by molar-refractivity contribution is 0.148. The van der Waals surface area contributed by atoms with Crippen LogP contribution >= 0.6 is 0 Å². The minimum absolute atomic E-state index is 0.0314. The molecule has 0 radical (unpaired) electrons. The zero-order chi connectivity index (χ0) is 17.6. The number of benzene rings is 1. The molecule has 3 rings (SSSR count). The van der Waals surface area contributed by atoms with Gasteiger partial charge in [0.05, 0.1) is 6.54 Å². The predicted molar refractivity (Wildman–Crippen MR) is 96.1 cm³/mol. The molecular weight excluding hydrogens is 316 g/mol. The highest BCUT2D eigenvalue weighted by molar-refractivity contribution is 5.74. The summed E-state index contributed by atoms with van der Waals surface area (Å²) in [5.74, 6) is 0. The molecule has 1 aliphatic rings. The number of likely N-dealkylation sites (tertiary alicyclic amines) is 1. The van der Waals surface area contributed by atoms with Crippen molar-refractivity contribution in [3.63, 3.8) is 0 Å². The van der Waals surface area contributed by atoms with Crippen LogP contribution < -0.4 is 5.32 Å². The van der Waals surface area contributed by atoms with Crippen LogP contribution in [-0.4, -0.2) is 63.8 Å². The molecule has 134 valence electrons. The van der Waals surface area contributed by atoms with Gasteiger partial charge in [-0.2, -0.15) is 5.10 Å². The van der Waals surface area contributed by atoms with E-state index in [9.17, 15) is 4.79 Å². The summed E-state index contributed by atoms with van der Waals surface area (Å²) >= 11 is 0. The van der Waals surface area contributed by atoms with E-state index in [1.807, 2.05) is 17.0 Å². The van der Waals surface area contributed by atoms with E-state index in [-0.39, 0.29) is 6.03 Å². The Morgan fingerprint density at radius 2 is 1.88 bits per heavy atom. The third-order valence-electron chi connectivity index (χ3n) is 4.76. The lowest BCUT2D eigenvalue weighted by Gasteiger charge is -2.35. The molecule has 1 fully saturated rings. The highest BCUT2D eigenvalue weighted by atomic mass is 16.2. The zero-order valence-corrected chi connectivity index (χ0v) is 14.9. The third-order valence-corrected chi connectivity index (χ3v) is 4.76. The van der Waals surface area contributed by atoms with E-state index in [4.69, 9.17) is 0 Å². The van der Waals surface area contributed by atoms with E-state index in [0.717, 1.165) is 37.1 Å². The van der Waals surface area contributed by atoms with Crippen LogP contribution in [0.15, 0.2) is 36.9 Å². The molecule has 7 nitrogen and oxygen atoms in total. The topological polar surface area (TPSA) is 66.3 Å². The molecule has 0 bridgehead atoms. The molecule has 0 spiro atoms. The summed E-state index contributed by atoms with van der Waals surface area (Å²) in [7, 11) is 4.21. The summed E-state index contributed by atoms with van der Waals surface area (Å²) in [5, 5.41) is 7.12. The van der Waals surface area contributed by atoms with Crippen LogP contribution in [0.1, 0.15) is 24.0 Å². The second-order valence-corrected chi connectivity index (χ2v) is 6.75. The maximum Gasteiger partial charge on any atom is 0.317 e. The van der Waals surface area contributed by atoms with Gasteiger partial charge in [0.15, 0.2) is 0 Å². The first-order valence-electron chi connectivity index (χ1n) is 8.71. The fourth-order valence-electron chi connectivity index (χ4n) is 3.14. The second kappa shape index (κ2) is 8.11. The Morgan fingerprint density at radius 1 is 1.20 bits per heavy atom. The molecule has 2 amide bonds. The van der Waals surface area contributed by atoms with Crippen LogP contribution in [0.2, 0.25) is 0 Å². The van der Waals surface area contributed by atoms with Crippen molar-refractivity contribution in [1.29, 1.82) is 0 Å². The number of rotatable bonds is 5. The average molecular weight is 342 g/mol. The highest BCUT2D eigenvalue weighted by Gasteiger charge is 2.23. The summed E-state index contributed by atoms with van der Waals surface area (Å²) < 4.78 is 1.79. The highest BCUT2D eigenvalue weighted by Crippen LogP contribution is 2.14. The summed E-state index contributed by atoms with van der Waals surface area (Å²) in [5.41, 5.74) is 2.25. The molecule has 2 aromatic rings. The van der Waals surface area contributed by atoms with Gasteiger partial charge < -0.3 is 15.1 Å². The van der Waals surface area contributed by atoms with Crippen LogP contribution in [0.25, 0.3) is 0 Å². The van der Waals surface area contributed by atoms with E-state index >= 15 is 0 Å². The Morgan fingerprint density at radius 3 is 2.48 bits per heavy atom. The number of carbonyl (C=O) groups is 1. The number of hydrogen-bond donors (Lipinski definition) is 1. The van der Waals surface area contributed by atoms with Gasteiger partial charge in [-0.1, -0.05) is 24.3 Å². The molecule has 0 aliphatic carbocycles. The standard InChI is InChI=1S/C18H26N6O/c1-22(2)17-7-9-23(10-8-17)18(25)20-11-15-3-5-16(6-4-15)12-24-14-19-13-21-24/h3-6,13-14,17H,7-12H2,1-2H3,(H,20,25). The van der Waals surface area contributed by atoms with E-state index in [1.165, 1.54) is 6.33 Å². The fourth-order valence-corrected chi connectivity index (χ4v) is 3.14. The van der Waals surface area contributed by atoms with Crippen molar-refractivity contribution >= 4 is 6.03 Å². The van der Waals surface area contributed by atoms with Crippen molar-refractivity contribution in [2.45, 2.75) is 32.0 Å². The van der Waals surface area contributed by atoms with Gasteiger partial charge >= 0.3 is 6.03 Å². The van der Waals surface area contributed by atoms with Crippen molar-refractivity contribution in [3.05, 3.63) is 48.0 Å². The van der Waals surface area contributed by atoms with Crippen molar-refractivity contribution in [2.75, 3.05) is 27.2 Å². The molecule has 2 heterocycles. The van der Waals surface area contributed by atoms with E-state index in [0.29, 0.717) is 19.1 Å². The van der Waals surface area contributed by atoms with Crippen LogP contribution in [0, 0.1) is 0 Å². The Kier molecular flexibility index (Phi) is 5.65. The molecule has 0 atom stereocenters. The molecule has 7 heteroatoms. The molecule has 0 saturated carbocycles. The third kappa shape index (κ3) is 4.79. The average Bonchev–Trinajstić information content (AvgIpc) is 3.14. The van der Waals surface area contributed by atoms with Gasteiger partial charge in [0.25, 0.3) is 0 Å². The summed E-state index contributed by atoms with van der Waals surface area (Å²) in [6.07, 6.45) is 5.31. The van der Waals surface area contributed by atoms with Crippen molar-refractivity contribution in [3.8, 4) is 0 Å². The van der Waals surface area contributed by atoms with Crippen molar-refractivity contribution in [2.24, 2.45) is 0 Å². The second-order valence-electron chi connectivity index (χ2n) is 6.75. The lowest BCUT2D eigenvalue weighted by atomic mass is 10.0. The molecule has 1 aliphatic heterocycles. The first kappa shape index (κ1) is 17.4. The Bertz CT molecular complexity index is 659. The molecule has 1 N–H and O–H groups in total. The van der Waals surface area contributed by atoms with Crippen LogP contribution in [0.5, 0.6) is 0 Å². The predicted octanol–water partition coefficient (Wildman–Crippen LogP) is 1.56. The van der Waals surface area contributed by atoms with Gasteiger partial charge in [-0.05, 0) is 38.1 Å². The maximum atomic E-state index is 12.3. The first-order chi connectivity index (χ1) is 12.1. The smallest absolute Gasteiger partial charge is 0.317 e. The molecule has 1 aromatic heterocycles. The number of amides is 2. The largest absolute Gasteiger partial charge is 0.334 e. The van der Waals surface area contributed by atoms with Gasteiger partial charge in [-0.25, -0.2) is 14.5 Å². The van der Waals surface area contributed by atoms with Crippen molar-refractivity contribution in [1.82, 2.24) is 29.9 Å². The Labute approximate surface area is 148 Å². The number of aromatic nitrogens is 3. The molecule has 1 saturated heterocycles. The molecule has 25 heavy (non-hydrogen) atoms. The van der Waals surface area contributed by atoms with E-state index in [2.05, 4.69) is 46.5 Å². The summed E-state index contributed by atoms with van der Waals surface area (Å²) in [6.45, 7) is 2.90. The van der Waals surface area contributed by atoms with Gasteiger partial charge in [0.2, 0.25) is 0 Å². The number of piperidine rings is 1. The monoisotopic (exact) mass is 342 g/mol. The Hall–Kier alpha value is -2.41. The number of nitrogens with one attached hydrogen (secondary N) is 1. The molecular formula is C18H26N6O. The maximum absolute atomic E-state index is 12.3. The number of carbonyl (C=O) groups excluding carboxylic acids is 1. The summed E-state index contributed by atoms with van der Waals surface area (Å²) in [6, 6.07) is 8.83. The summed E-state index contributed by atoms with van der Waals surface area (Å²) in [4.78, 5) is 20.4. The van der Waals surface area contributed by atoms with Gasteiger partial charge in [0.1, 0.15) is 12.7 Å². The first-order valence-corrected chi connectivity index (χ1v) is 8.71. The lowest BCUT2D eigenvalue weighted by Crippen LogP contribution is -2.47. The molecule has 1 aromatic carbocycles. The van der Waals surface area contributed by atoms with Crippen LogP contribution in [0.4, 0.5) is 4.79 Å². The SMILES string of the molecule is CN(C)C1CCN(C(=O)NCc2ccc(Cn3cncn3)cc2)CC1. The minimum atomic E-state index is 0.0314. The van der Waals surface area contributed by atoms with E-state index in [1.54, 1.807) is 11.0 Å². The van der Waals surface area contributed by atoms with Gasteiger partial charge in [-0.3, -0.25) is 0 Å². The number of hydrogen-bond acceptors (Lipinski definition) is 4. The normalized spacial score (nSPS) is 15.6. The minimum Gasteiger partial charge on any atom is -0.334 e. The quantitative estimate of drug-likeness (QED) is 0.896. The molecule has 0 unspecified atom stereocenters. The zero-order valence-electron chi connectivity index (χ0n) is 14.9. The number of urea groups is 1. The van der Waals surface area contributed by atoms with Crippen LogP contribution in [0.3, 0.4) is 0 Å². The van der Waals surface area contributed by atoms with Gasteiger partial charge in [-0.15, -0.1) is 0 Å². The van der Waals surface area contributed by atoms with Gasteiger partial charge in [0, 0.05) is 25.7 Å². The van der Waals surface area contributed by atoms with E-state index < -0.39 is 0 Å². The Balaban J connectivity index is 1.44. The van der Waals surface area contributed by atoms with Crippen LogP contribution in [-0.2, 0) is 13.1 Å². The number of nitrogens with zero attached hydrogens (tertiary/aromatic N) is 5.